The van der Waals surface area contributed by atoms with E-state index in [4.69, 9.17) is 16.3 Å². The number of piperidine rings is 1. The van der Waals surface area contributed by atoms with Crippen molar-refractivity contribution in [2.45, 2.75) is 94.6 Å². The Balaban J connectivity index is 1.43. The standard InChI is InChI=1S/C31H44ClN7O3S/c1-19(2)43(41)29-26(17-38(6)37-29)34-28-24(32)15-33-30(36-28)35-25-13-20(3)23(14-27(25)42-22-10-7-11-22)21-9-8-12-39(16-21)31(4,5)18-40/h13-15,17,19,21-22,40H,7-12,16,18H2,1-6H3,(H2,33,34,35,36). The van der Waals surface area contributed by atoms with Gasteiger partial charge in [-0.2, -0.15) is 10.1 Å². The van der Waals surface area contributed by atoms with E-state index in [0.717, 1.165) is 50.2 Å². The van der Waals surface area contributed by atoms with Crippen molar-refractivity contribution in [3.63, 3.8) is 0 Å². The van der Waals surface area contributed by atoms with Gasteiger partial charge in [0.25, 0.3) is 0 Å². The number of nitrogens with zero attached hydrogens (tertiary/aromatic N) is 5. The molecule has 2 atom stereocenters. The number of benzene rings is 1. The van der Waals surface area contributed by atoms with Gasteiger partial charge in [0.05, 0.1) is 41.1 Å². The number of aliphatic hydroxyl groups is 1. The van der Waals surface area contributed by atoms with Crippen LogP contribution in [0.4, 0.5) is 23.1 Å². The lowest BCUT2D eigenvalue weighted by molar-refractivity contribution is 0.0355. The van der Waals surface area contributed by atoms with Gasteiger partial charge in [0.2, 0.25) is 5.95 Å². The summed E-state index contributed by atoms with van der Waals surface area (Å²) < 4.78 is 21.0. The van der Waals surface area contributed by atoms with Crippen LogP contribution in [0.3, 0.4) is 0 Å². The second-order valence-corrected chi connectivity index (χ2v) is 15.0. The van der Waals surface area contributed by atoms with Crippen LogP contribution >= 0.6 is 11.6 Å². The highest BCUT2D eigenvalue weighted by atomic mass is 35.5. The summed E-state index contributed by atoms with van der Waals surface area (Å²) in [4.78, 5) is 11.5. The molecule has 3 N–H and O–H groups in total. The summed E-state index contributed by atoms with van der Waals surface area (Å²) in [6, 6.07) is 4.31. The lowest BCUT2D eigenvalue weighted by Crippen LogP contribution is -2.50. The summed E-state index contributed by atoms with van der Waals surface area (Å²) in [6.45, 7) is 12.2. The Bertz CT molecular complexity index is 1470. The highest BCUT2D eigenvalue weighted by Crippen LogP contribution is 2.40. The highest BCUT2D eigenvalue weighted by Gasteiger charge is 2.33. The van der Waals surface area contributed by atoms with Crippen molar-refractivity contribution < 1.29 is 14.1 Å². The van der Waals surface area contributed by atoms with Gasteiger partial charge in [-0.05, 0) is 88.6 Å². The molecular formula is C31H44ClN7O3S. The second kappa shape index (κ2) is 13.1. The van der Waals surface area contributed by atoms with Gasteiger partial charge < -0.3 is 20.5 Å². The SMILES string of the molecule is Cc1cc(Nc2ncc(Cl)c(Nc3cn(C)nc3S(=O)C(C)C)n2)c(OC2CCC2)cc1C1CCCN(C(C)(C)CO)C1. The van der Waals surface area contributed by atoms with E-state index in [1.807, 2.05) is 13.8 Å². The number of aryl methyl sites for hydroxylation is 2. The highest BCUT2D eigenvalue weighted by molar-refractivity contribution is 7.85. The summed E-state index contributed by atoms with van der Waals surface area (Å²) in [5.41, 5.74) is 3.58. The molecule has 234 valence electrons. The van der Waals surface area contributed by atoms with E-state index in [1.165, 1.54) is 17.5 Å². The predicted molar refractivity (Wildman–Crippen MR) is 173 cm³/mol. The van der Waals surface area contributed by atoms with Crippen molar-refractivity contribution in [2.24, 2.45) is 7.05 Å². The Morgan fingerprint density at radius 2 is 1.95 bits per heavy atom. The van der Waals surface area contributed by atoms with Crippen molar-refractivity contribution in [2.75, 3.05) is 30.3 Å². The monoisotopic (exact) mass is 629 g/mol. The maximum atomic E-state index is 12.9. The maximum Gasteiger partial charge on any atom is 0.229 e. The first kappa shape index (κ1) is 31.7. The number of aliphatic hydroxyl groups excluding tert-OH is 1. The van der Waals surface area contributed by atoms with Gasteiger partial charge in [0.15, 0.2) is 10.8 Å². The van der Waals surface area contributed by atoms with Crippen molar-refractivity contribution >= 4 is 45.5 Å². The van der Waals surface area contributed by atoms with E-state index in [1.54, 1.807) is 24.1 Å². The van der Waals surface area contributed by atoms with Crippen LogP contribution < -0.4 is 15.4 Å². The van der Waals surface area contributed by atoms with E-state index in [0.29, 0.717) is 33.4 Å². The number of nitrogens with one attached hydrogen (secondary N) is 2. The van der Waals surface area contributed by atoms with Crippen molar-refractivity contribution in [3.05, 3.63) is 40.7 Å². The fraction of sp³-hybridized carbons (Fsp3) is 0.581. The van der Waals surface area contributed by atoms with Gasteiger partial charge in [-0.25, -0.2) is 4.98 Å². The lowest BCUT2D eigenvalue weighted by Gasteiger charge is -2.43. The van der Waals surface area contributed by atoms with Gasteiger partial charge in [0.1, 0.15) is 10.8 Å². The van der Waals surface area contributed by atoms with E-state index >= 15 is 0 Å². The molecule has 5 rings (SSSR count). The largest absolute Gasteiger partial charge is 0.488 e. The maximum absolute atomic E-state index is 12.9. The third-order valence-corrected chi connectivity index (χ3v) is 10.3. The van der Waals surface area contributed by atoms with E-state index in [9.17, 15) is 9.32 Å². The van der Waals surface area contributed by atoms with Crippen LogP contribution in [-0.2, 0) is 17.8 Å². The number of hydrogen-bond donors (Lipinski definition) is 3. The molecule has 2 aromatic heterocycles. The average molecular weight is 630 g/mol. The zero-order chi connectivity index (χ0) is 30.9. The molecule has 1 aliphatic carbocycles. The van der Waals surface area contributed by atoms with Crippen LogP contribution in [0.25, 0.3) is 0 Å². The van der Waals surface area contributed by atoms with Crippen LogP contribution in [0.5, 0.6) is 5.75 Å². The Hall–Kier alpha value is -2.73. The zero-order valence-electron chi connectivity index (χ0n) is 26.0. The van der Waals surface area contributed by atoms with Crippen LogP contribution in [0.2, 0.25) is 5.02 Å². The fourth-order valence-corrected chi connectivity index (χ4v) is 6.69. The third-order valence-electron chi connectivity index (χ3n) is 8.48. The first-order valence-corrected chi connectivity index (χ1v) is 16.7. The second-order valence-electron chi connectivity index (χ2n) is 12.6. The summed E-state index contributed by atoms with van der Waals surface area (Å²) in [5.74, 6) is 1.89. The van der Waals surface area contributed by atoms with Crippen LogP contribution in [0.15, 0.2) is 29.6 Å². The van der Waals surface area contributed by atoms with Crippen LogP contribution in [0, 0.1) is 6.92 Å². The average Bonchev–Trinajstić information content (AvgIpc) is 3.32. The van der Waals surface area contributed by atoms with Gasteiger partial charge in [-0.3, -0.25) is 13.8 Å². The molecule has 2 aliphatic rings. The smallest absolute Gasteiger partial charge is 0.229 e. The van der Waals surface area contributed by atoms with Gasteiger partial charge in [0, 0.05) is 30.6 Å². The van der Waals surface area contributed by atoms with E-state index < -0.39 is 10.8 Å². The van der Waals surface area contributed by atoms with Crippen LogP contribution in [0.1, 0.15) is 76.8 Å². The molecule has 2 fully saturated rings. The molecule has 1 aromatic carbocycles. The molecular weight excluding hydrogens is 586 g/mol. The predicted octanol–water partition coefficient (Wildman–Crippen LogP) is 6.06. The molecule has 1 aliphatic heterocycles. The first-order chi connectivity index (χ1) is 20.4. The molecule has 1 saturated carbocycles. The molecule has 0 amide bonds. The van der Waals surface area contributed by atoms with E-state index in [-0.39, 0.29) is 23.5 Å². The minimum absolute atomic E-state index is 0.0910. The van der Waals surface area contributed by atoms with Gasteiger partial charge >= 0.3 is 0 Å². The zero-order valence-corrected chi connectivity index (χ0v) is 27.6. The number of ether oxygens (including phenoxy) is 1. The molecule has 3 aromatic rings. The quantitative estimate of drug-likeness (QED) is 0.233. The Kier molecular flexibility index (Phi) is 9.65. The Labute approximate surface area is 262 Å². The fourth-order valence-electron chi connectivity index (χ4n) is 5.58. The molecule has 3 heterocycles. The summed E-state index contributed by atoms with van der Waals surface area (Å²) in [6.07, 6.45) is 8.95. The van der Waals surface area contributed by atoms with Crippen LogP contribution in [-0.4, -0.2) is 70.6 Å². The molecule has 12 heteroatoms. The number of anilines is 4. The summed E-state index contributed by atoms with van der Waals surface area (Å²) >= 11 is 6.50. The third kappa shape index (κ3) is 7.16. The molecule has 0 bridgehead atoms. The molecule has 0 spiro atoms. The molecule has 2 unspecified atom stereocenters. The topological polar surface area (TPSA) is 117 Å². The number of hydrogen-bond acceptors (Lipinski definition) is 9. The molecule has 1 saturated heterocycles. The molecule has 43 heavy (non-hydrogen) atoms. The van der Waals surface area contributed by atoms with Crippen molar-refractivity contribution in [1.29, 1.82) is 0 Å². The van der Waals surface area contributed by atoms with Crippen molar-refractivity contribution in [1.82, 2.24) is 24.6 Å². The summed E-state index contributed by atoms with van der Waals surface area (Å²) in [5, 5.41) is 21.7. The molecule has 10 nitrogen and oxygen atoms in total. The number of rotatable bonds is 11. The minimum Gasteiger partial charge on any atom is -0.488 e. The minimum atomic E-state index is -1.29. The Morgan fingerprint density at radius 3 is 2.63 bits per heavy atom. The van der Waals surface area contributed by atoms with Crippen molar-refractivity contribution in [3.8, 4) is 5.75 Å². The van der Waals surface area contributed by atoms with Gasteiger partial charge in [-0.1, -0.05) is 25.4 Å². The number of likely N-dealkylation sites (tertiary alicyclic amines) is 1. The number of halogens is 1. The van der Waals surface area contributed by atoms with Gasteiger partial charge in [-0.15, -0.1) is 0 Å². The number of aromatic nitrogens is 4. The summed E-state index contributed by atoms with van der Waals surface area (Å²) in [7, 11) is 0.495. The van der Waals surface area contributed by atoms with E-state index in [2.05, 4.69) is 63.5 Å². The lowest BCUT2D eigenvalue weighted by atomic mass is 9.85. The first-order valence-electron chi connectivity index (χ1n) is 15.1. The Morgan fingerprint density at radius 1 is 1.19 bits per heavy atom. The molecule has 0 radical (unpaired) electrons. The normalized spacial score (nSPS) is 18.9.